The summed E-state index contributed by atoms with van der Waals surface area (Å²) in [7, 11) is -7.52. The van der Waals surface area contributed by atoms with Crippen LogP contribution in [0.2, 0.25) is 64.5 Å². The normalized spacial score (nSPS) is 14.3. The van der Waals surface area contributed by atoms with Gasteiger partial charge in [-0.05, 0) is 64.5 Å². The Morgan fingerprint density at radius 2 is 0.826 bits per heavy atom. The Morgan fingerprint density at radius 1 is 0.522 bits per heavy atom. The first-order valence-electron chi connectivity index (χ1n) is 9.35. The molecule has 0 aromatic rings. The van der Waals surface area contributed by atoms with Gasteiger partial charge in [-0.1, -0.05) is 39.5 Å². The molecule has 0 atom stereocenters. The van der Waals surface area contributed by atoms with Crippen molar-refractivity contribution in [2.45, 2.75) is 104 Å². The molecule has 0 heterocycles. The molecule has 7 heteroatoms. The highest BCUT2D eigenvalue weighted by molar-refractivity contribution is 6.89. The van der Waals surface area contributed by atoms with E-state index in [2.05, 4.69) is 66.2 Å². The Bertz CT molecular complexity index is 312. The zero-order valence-corrected chi connectivity index (χ0v) is 21.5. The van der Waals surface area contributed by atoms with E-state index < -0.39 is 33.8 Å². The largest absolute Gasteiger partial charge is 0.436 e. The second kappa shape index (κ2) is 9.45. The van der Waals surface area contributed by atoms with Gasteiger partial charge in [-0.3, -0.25) is 0 Å². The number of hydrogen-bond acceptors (Lipinski definition) is 3. The fraction of sp³-hybridized carbons (Fsp3) is 1.00. The SMILES string of the molecule is CCCC[Si](C)(C)O[Si](C)(C)O[Si](C)(C)O[Si](C)(C)CCCC. The predicted octanol–water partition coefficient (Wildman–Crippen LogP) is 6.45. The molecule has 0 aromatic carbocycles. The van der Waals surface area contributed by atoms with E-state index in [-0.39, 0.29) is 0 Å². The molecular formula is C16H42O3Si4. The summed E-state index contributed by atoms with van der Waals surface area (Å²) in [4.78, 5) is 0. The molecule has 3 nitrogen and oxygen atoms in total. The van der Waals surface area contributed by atoms with Crippen LogP contribution in [0, 0.1) is 0 Å². The van der Waals surface area contributed by atoms with Crippen LogP contribution in [0.5, 0.6) is 0 Å². The quantitative estimate of drug-likeness (QED) is 0.356. The van der Waals surface area contributed by atoms with Crippen molar-refractivity contribution in [3.8, 4) is 0 Å². The molecule has 0 spiro atoms. The Kier molecular flexibility index (Phi) is 9.75. The van der Waals surface area contributed by atoms with Crippen molar-refractivity contribution >= 4 is 33.8 Å². The third-order valence-electron chi connectivity index (χ3n) is 3.80. The summed E-state index contributed by atoms with van der Waals surface area (Å²) in [5.74, 6) is 0. The molecule has 0 rings (SSSR count). The maximum absolute atomic E-state index is 6.58. The fourth-order valence-corrected chi connectivity index (χ4v) is 23.0. The lowest BCUT2D eigenvalue weighted by Gasteiger charge is -2.41. The fourth-order valence-electron chi connectivity index (χ4n) is 3.27. The van der Waals surface area contributed by atoms with E-state index in [9.17, 15) is 0 Å². The molecular weight excluding hydrogens is 353 g/mol. The highest BCUT2D eigenvalue weighted by Crippen LogP contribution is 2.27. The Labute approximate surface area is 150 Å². The first-order chi connectivity index (χ1) is 10.2. The first-order valence-corrected chi connectivity index (χ1v) is 21.2. The van der Waals surface area contributed by atoms with Crippen LogP contribution in [0.4, 0.5) is 0 Å². The van der Waals surface area contributed by atoms with Crippen molar-refractivity contribution in [2.75, 3.05) is 0 Å². The van der Waals surface area contributed by atoms with Crippen molar-refractivity contribution in [1.82, 2.24) is 0 Å². The summed E-state index contributed by atoms with van der Waals surface area (Å²) in [6.45, 7) is 22.6. The maximum Gasteiger partial charge on any atom is 0.312 e. The van der Waals surface area contributed by atoms with Crippen LogP contribution in [0.15, 0.2) is 0 Å². The molecule has 0 aromatic heterocycles. The van der Waals surface area contributed by atoms with Gasteiger partial charge in [-0.2, -0.15) is 0 Å². The van der Waals surface area contributed by atoms with Crippen LogP contribution < -0.4 is 0 Å². The van der Waals surface area contributed by atoms with Crippen molar-refractivity contribution in [1.29, 1.82) is 0 Å². The van der Waals surface area contributed by atoms with Gasteiger partial charge in [0.2, 0.25) is 0 Å². The van der Waals surface area contributed by atoms with Crippen LogP contribution in [0.1, 0.15) is 39.5 Å². The van der Waals surface area contributed by atoms with E-state index in [1.54, 1.807) is 0 Å². The highest BCUT2D eigenvalue weighted by atomic mass is 28.5. The molecule has 0 radical (unpaired) electrons. The highest BCUT2D eigenvalue weighted by Gasteiger charge is 2.42. The van der Waals surface area contributed by atoms with Gasteiger partial charge in [-0.15, -0.1) is 0 Å². The molecule has 0 bridgehead atoms. The molecule has 0 fully saturated rings. The second-order valence-corrected chi connectivity index (χ2v) is 24.9. The van der Waals surface area contributed by atoms with Crippen molar-refractivity contribution in [3.05, 3.63) is 0 Å². The minimum absolute atomic E-state index is 1.23. The summed E-state index contributed by atoms with van der Waals surface area (Å²) in [5.41, 5.74) is 0. The molecule has 0 amide bonds. The van der Waals surface area contributed by atoms with E-state index in [1.165, 1.54) is 37.8 Å². The standard InChI is InChI=1S/C16H42O3Si4/c1-11-13-15-20(3,4)17-22(7,8)19-23(9,10)18-21(5,6)16-14-12-2/h11-16H2,1-10H3. The monoisotopic (exact) mass is 394 g/mol. The number of unbranched alkanes of at least 4 members (excludes halogenated alkanes) is 2. The zero-order chi connectivity index (χ0) is 18.4. The molecule has 0 aliphatic carbocycles. The van der Waals surface area contributed by atoms with Gasteiger partial charge in [0.1, 0.15) is 0 Å². The number of rotatable bonds is 12. The van der Waals surface area contributed by atoms with E-state index >= 15 is 0 Å². The van der Waals surface area contributed by atoms with Gasteiger partial charge in [0, 0.05) is 0 Å². The summed E-state index contributed by atoms with van der Waals surface area (Å²) >= 11 is 0. The Hall–Kier alpha value is 0.748. The van der Waals surface area contributed by atoms with Crippen LogP contribution >= 0.6 is 0 Å². The molecule has 140 valence electrons. The van der Waals surface area contributed by atoms with E-state index in [0.29, 0.717) is 0 Å². The second-order valence-electron chi connectivity index (χ2n) is 8.83. The molecule has 0 unspecified atom stereocenters. The van der Waals surface area contributed by atoms with Crippen LogP contribution in [0.3, 0.4) is 0 Å². The van der Waals surface area contributed by atoms with E-state index in [4.69, 9.17) is 12.3 Å². The Balaban J connectivity index is 4.72. The lowest BCUT2D eigenvalue weighted by Crippen LogP contribution is -2.56. The molecule has 0 aliphatic rings. The molecule has 0 saturated carbocycles. The molecule has 0 N–H and O–H groups in total. The zero-order valence-electron chi connectivity index (χ0n) is 17.5. The predicted molar refractivity (Wildman–Crippen MR) is 113 cm³/mol. The van der Waals surface area contributed by atoms with E-state index in [1.807, 2.05) is 0 Å². The molecule has 23 heavy (non-hydrogen) atoms. The minimum Gasteiger partial charge on any atom is -0.436 e. The van der Waals surface area contributed by atoms with E-state index in [0.717, 1.165) is 0 Å². The summed E-state index contributed by atoms with van der Waals surface area (Å²) in [5, 5.41) is 0. The maximum atomic E-state index is 6.58. The number of hydrogen-bond donors (Lipinski definition) is 0. The smallest absolute Gasteiger partial charge is 0.312 e. The third kappa shape index (κ3) is 11.8. The van der Waals surface area contributed by atoms with Crippen LogP contribution in [-0.2, 0) is 12.3 Å². The summed E-state index contributed by atoms with van der Waals surface area (Å²) in [6, 6.07) is 2.45. The van der Waals surface area contributed by atoms with Gasteiger partial charge in [0.25, 0.3) is 0 Å². The van der Waals surface area contributed by atoms with Gasteiger partial charge >= 0.3 is 17.1 Å². The van der Waals surface area contributed by atoms with Crippen molar-refractivity contribution in [3.63, 3.8) is 0 Å². The first kappa shape index (κ1) is 23.7. The van der Waals surface area contributed by atoms with Crippen LogP contribution in [-0.4, -0.2) is 33.8 Å². The average Bonchev–Trinajstić information content (AvgIpc) is 2.29. The van der Waals surface area contributed by atoms with Crippen molar-refractivity contribution in [2.24, 2.45) is 0 Å². The minimum atomic E-state index is -2.13. The molecule has 0 saturated heterocycles. The van der Waals surface area contributed by atoms with Gasteiger partial charge in [-0.25, -0.2) is 0 Å². The van der Waals surface area contributed by atoms with Gasteiger partial charge in [0.15, 0.2) is 16.6 Å². The lowest BCUT2D eigenvalue weighted by atomic mass is 10.4. The summed E-state index contributed by atoms with van der Waals surface area (Å²) < 4.78 is 19.7. The topological polar surface area (TPSA) is 27.7 Å². The van der Waals surface area contributed by atoms with Crippen LogP contribution in [0.25, 0.3) is 0 Å². The summed E-state index contributed by atoms with van der Waals surface area (Å²) in [6.07, 6.45) is 5.00. The Morgan fingerprint density at radius 3 is 1.09 bits per heavy atom. The van der Waals surface area contributed by atoms with Gasteiger partial charge in [0.05, 0.1) is 0 Å². The lowest BCUT2D eigenvalue weighted by molar-refractivity contribution is 0.327. The van der Waals surface area contributed by atoms with Crippen molar-refractivity contribution < 1.29 is 12.3 Å². The average molecular weight is 395 g/mol. The third-order valence-corrected chi connectivity index (χ3v) is 19.2. The van der Waals surface area contributed by atoms with Gasteiger partial charge < -0.3 is 12.3 Å². The molecule has 0 aliphatic heterocycles.